The first-order valence-corrected chi connectivity index (χ1v) is 5.76. The number of hydrogen-bond acceptors (Lipinski definition) is 1. The molecule has 0 unspecified atom stereocenters. The van der Waals surface area contributed by atoms with E-state index in [9.17, 15) is 0 Å². The second-order valence-corrected chi connectivity index (χ2v) is 4.37. The highest BCUT2D eigenvalue weighted by molar-refractivity contribution is 7.17. The first-order valence-electron chi connectivity index (χ1n) is 4.88. The summed E-state index contributed by atoms with van der Waals surface area (Å²) in [4.78, 5) is 0. The fraction of sp³-hybridized carbons (Fsp3) is 0. The maximum absolute atomic E-state index is 3.05. The summed E-state index contributed by atoms with van der Waals surface area (Å²) in [6, 6.07) is 19.8. The van der Waals surface area contributed by atoms with Crippen LogP contribution < -0.4 is 0 Å². The molecule has 15 heavy (non-hydrogen) atoms. The average Bonchev–Trinajstić information content (AvgIpc) is 2.78. The van der Waals surface area contributed by atoms with Crippen LogP contribution in [0.15, 0.2) is 53.9 Å². The van der Waals surface area contributed by atoms with Crippen molar-refractivity contribution in [3.63, 3.8) is 0 Å². The van der Waals surface area contributed by atoms with Crippen LogP contribution in [0.1, 0.15) is 0 Å². The fourth-order valence-electron chi connectivity index (χ4n) is 1.81. The number of rotatable bonds is 1. The van der Waals surface area contributed by atoms with Gasteiger partial charge in [-0.2, -0.15) is 0 Å². The molecule has 1 heterocycles. The fourth-order valence-corrected chi connectivity index (χ4v) is 2.63. The number of thiophene rings is 1. The molecule has 0 aliphatic carbocycles. The highest BCUT2D eigenvalue weighted by atomic mass is 32.1. The SMILES string of the molecule is [c]1ccc(-c2cccc3sccc23)cc1. The summed E-state index contributed by atoms with van der Waals surface area (Å²) in [5, 5.41) is 3.48. The van der Waals surface area contributed by atoms with Gasteiger partial charge in [0, 0.05) is 10.1 Å². The third-order valence-corrected chi connectivity index (χ3v) is 3.41. The van der Waals surface area contributed by atoms with Crippen molar-refractivity contribution in [1.29, 1.82) is 0 Å². The van der Waals surface area contributed by atoms with Crippen molar-refractivity contribution in [1.82, 2.24) is 0 Å². The van der Waals surface area contributed by atoms with Gasteiger partial charge in [-0.15, -0.1) is 11.3 Å². The molecule has 0 N–H and O–H groups in total. The lowest BCUT2D eigenvalue weighted by atomic mass is 10.0. The summed E-state index contributed by atoms with van der Waals surface area (Å²) < 4.78 is 1.35. The molecule has 0 saturated carbocycles. The molecule has 0 aliphatic heterocycles. The Labute approximate surface area is 92.8 Å². The van der Waals surface area contributed by atoms with Gasteiger partial charge in [0.1, 0.15) is 0 Å². The minimum atomic E-state index is 1.26. The van der Waals surface area contributed by atoms with E-state index in [0.717, 1.165) is 0 Å². The van der Waals surface area contributed by atoms with Gasteiger partial charge in [-0.1, -0.05) is 36.4 Å². The van der Waals surface area contributed by atoms with Crippen LogP contribution in [0.4, 0.5) is 0 Å². The molecule has 0 nitrogen and oxygen atoms in total. The van der Waals surface area contributed by atoms with Crippen LogP contribution in [0.5, 0.6) is 0 Å². The molecule has 0 bridgehead atoms. The second kappa shape index (κ2) is 3.52. The molecule has 0 atom stereocenters. The van der Waals surface area contributed by atoms with E-state index in [1.165, 1.54) is 21.2 Å². The molecule has 3 aromatic rings. The van der Waals surface area contributed by atoms with Gasteiger partial charge < -0.3 is 0 Å². The van der Waals surface area contributed by atoms with Crippen LogP contribution in [0.2, 0.25) is 0 Å². The predicted octanol–water partition coefficient (Wildman–Crippen LogP) is 4.37. The topological polar surface area (TPSA) is 0 Å². The van der Waals surface area contributed by atoms with Crippen molar-refractivity contribution in [3.8, 4) is 11.1 Å². The van der Waals surface area contributed by atoms with Gasteiger partial charge in [0.25, 0.3) is 0 Å². The van der Waals surface area contributed by atoms with E-state index in [1.54, 1.807) is 11.3 Å². The summed E-state index contributed by atoms with van der Waals surface area (Å²) >= 11 is 1.79. The molecule has 0 amide bonds. The van der Waals surface area contributed by atoms with Crippen molar-refractivity contribution in [2.24, 2.45) is 0 Å². The van der Waals surface area contributed by atoms with Crippen molar-refractivity contribution < 1.29 is 0 Å². The number of fused-ring (bicyclic) bond motifs is 1. The lowest BCUT2D eigenvalue weighted by molar-refractivity contribution is 1.66. The Kier molecular flexibility index (Phi) is 2.04. The second-order valence-electron chi connectivity index (χ2n) is 3.43. The summed E-state index contributed by atoms with van der Waals surface area (Å²) in [6.07, 6.45) is 0. The summed E-state index contributed by atoms with van der Waals surface area (Å²) in [5.74, 6) is 0. The highest BCUT2D eigenvalue weighted by Gasteiger charge is 2.02. The Morgan fingerprint density at radius 1 is 0.933 bits per heavy atom. The third-order valence-electron chi connectivity index (χ3n) is 2.53. The van der Waals surface area contributed by atoms with Crippen molar-refractivity contribution in [2.45, 2.75) is 0 Å². The summed E-state index contributed by atoms with van der Waals surface area (Å²) in [5.41, 5.74) is 2.57. The third kappa shape index (κ3) is 1.45. The molecule has 0 fully saturated rings. The van der Waals surface area contributed by atoms with Gasteiger partial charge in [-0.25, -0.2) is 0 Å². The van der Waals surface area contributed by atoms with E-state index in [4.69, 9.17) is 0 Å². The number of hydrogen-bond donors (Lipinski definition) is 0. The van der Waals surface area contributed by atoms with E-state index < -0.39 is 0 Å². The molecule has 0 saturated heterocycles. The maximum atomic E-state index is 3.05. The quantitative estimate of drug-likeness (QED) is 0.558. The first kappa shape index (κ1) is 8.69. The number of benzene rings is 2. The zero-order valence-electron chi connectivity index (χ0n) is 8.10. The van der Waals surface area contributed by atoms with E-state index in [2.05, 4.69) is 47.8 Å². The average molecular weight is 209 g/mol. The highest BCUT2D eigenvalue weighted by Crippen LogP contribution is 2.31. The monoisotopic (exact) mass is 209 g/mol. The minimum Gasteiger partial charge on any atom is -0.144 e. The molecule has 2 aromatic carbocycles. The molecule has 3 rings (SSSR count). The smallest absolute Gasteiger partial charge is 0.0348 e. The molecule has 1 heteroatoms. The molecule has 1 radical (unpaired) electrons. The molecule has 0 aliphatic rings. The largest absolute Gasteiger partial charge is 0.144 e. The summed E-state index contributed by atoms with van der Waals surface area (Å²) in [7, 11) is 0. The lowest BCUT2D eigenvalue weighted by Gasteiger charge is -2.02. The Hall–Kier alpha value is -1.60. The van der Waals surface area contributed by atoms with Crippen molar-refractivity contribution in [2.75, 3.05) is 0 Å². The normalized spacial score (nSPS) is 10.7. The Balaban J connectivity index is 2.31. The van der Waals surface area contributed by atoms with Crippen molar-refractivity contribution in [3.05, 3.63) is 60.0 Å². The van der Waals surface area contributed by atoms with Gasteiger partial charge in [0.15, 0.2) is 0 Å². The lowest BCUT2D eigenvalue weighted by Crippen LogP contribution is -1.76. The van der Waals surface area contributed by atoms with E-state index in [0.29, 0.717) is 0 Å². The first-order chi connectivity index (χ1) is 7.45. The van der Waals surface area contributed by atoms with Crippen LogP contribution in [-0.4, -0.2) is 0 Å². The predicted molar refractivity (Wildman–Crippen MR) is 66.1 cm³/mol. The van der Waals surface area contributed by atoms with Crippen LogP contribution in [0, 0.1) is 6.07 Å². The maximum Gasteiger partial charge on any atom is 0.0348 e. The van der Waals surface area contributed by atoms with Crippen LogP contribution in [0.25, 0.3) is 21.2 Å². The zero-order valence-corrected chi connectivity index (χ0v) is 8.92. The molecular weight excluding hydrogens is 200 g/mol. The van der Waals surface area contributed by atoms with Gasteiger partial charge in [0.2, 0.25) is 0 Å². The standard InChI is InChI=1S/C14H9S/c1-2-5-11(6-3-1)12-7-4-8-14-13(12)9-10-15-14/h2-10H. The van der Waals surface area contributed by atoms with Crippen LogP contribution >= 0.6 is 11.3 Å². The van der Waals surface area contributed by atoms with E-state index >= 15 is 0 Å². The molecule has 0 spiro atoms. The van der Waals surface area contributed by atoms with Gasteiger partial charge in [0.05, 0.1) is 0 Å². The van der Waals surface area contributed by atoms with E-state index in [-0.39, 0.29) is 0 Å². The summed E-state index contributed by atoms with van der Waals surface area (Å²) in [6.45, 7) is 0. The van der Waals surface area contributed by atoms with Crippen LogP contribution in [0.3, 0.4) is 0 Å². The Morgan fingerprint density at radius 3 is 2.67 bits per heavy atom. The Bertz CT molecular complexity index is 578. The van der Waals surface area contributed by atoms with Crippen molar-refractivity contribution >= 4 is 21.4 Å². The van der Waals surface area contributed by atoms with Gasteiger partial charge in [-0.3, -0.25) is 0 Å². The molecule has 1 aromatic heterocycles. The minimum absolute atomic E-state index is 1.26. The molecular formula is C14H9S. The molecule has 71 valence electrons. The van der Waals surface area contributed by atoms with Gasteiger partial charge >= 0.3 is 0 Å². The van der Waals surface area contributed by atoms with Gasteiger partial charge in [-0.05, 0) is 34.7 Å². The zero-order chi connectivity index (χ0) is 10.1. The van der Waals surface area contributed by atoms with Crippen LogP contribution in [-0.2, 0) is 0 Å². The Morgan fingerprint density at radius 2 is 1.80 bits per heavy atom. The van der Waals surface area contributed by atoms with E-state index in [1.807, 2.05) is 12.1 Å².